The molecule has 1 aliphatic heterocycles. The number of hydrogen-bond donors (Lipinski definition) is 5. The van der Waals surface area contributed by atoms with Crippen molar-refractivity contribution in [1.29, 1.82) is 0 Å². The number of aryl methyl sites for hydroxylation is 1. The van der Waals surface area contributed by atoms with Crippen LogP contribution in [0.15, 0.2) is 70.8 Å². The molecule has 2 unspecified atom stereocenters. The first kappa shape index (κ1) is 34.4. The molecule has 2 aromatic heterocycles. The molecule has 4 aromatic rings. The SMILES string of the molecule is Cc1cc(Cl)cc2c1Sc1ncccc1CNC(C)C(=O)NC(CCCCN)C(=O)N(C)[C@@H](Cc1c[nH]c3ccccc13)C(=O)NC2. The first-order chi connectivity index (χ1) is 22.7. The van der Waals surface area contributed by atoms with Crippen LogP contribution in [-0.4, -0.2) is 64.3 Å². The molecule has 1 aliphatic rings. The Labute approximate surface area is 284 Å². The molecule has 6 N–H and O–H groups in total. The molecule has 0 radical (unpaired) electrons. The van der Waals surface area contributed by atoms with E-state index in [0.717, 1.165) is 43.1 Å². The molecule has 5 rings (SSSR count). The van der Waals surface area contributed by atoms with Crippen LogP contribution >= 0.6 is 23.4 Å². The third-order valence-corrected chi connectivity index (χ3v) is 10.1. The molecule has 10 nitrogen and oxygen atoms in total. The van der Waals surface area contributed by atoms with Gasteiger partial charge in [0.15, 0.2) is 0 Å². The molecule has 0 aliphatic carbocycles. The highest BCUT2D eigenvalue weighted by molar-refractivity contribution is 7.99. The number of H-pyrrole nitrogens is 1. The summed E-state index contributed by atoms with van der Waals surface area (Å²) in [6, 6.07) is 13.1. The van der Waals surface area contributed by atoms with Crippen LogP contribution in [0.25, 0.3) is 10.9 Å². The minimum atomic E-state index is -0.861. The van der Waals surface area contributed by atoms with Crippen molar-refractivity contribution in [2.24, 2.45) is 5.73 Å². The second-order valence-electron chi connectivity index (χ2n) is 12.0. The van der Waals surface area contributed by atoms with Gasteiger partial charge in [-0.25, -0.2) is 4.98 Å². The topological polar surface area (TPSA) is 145 Å². The molecular formula is C35H42ClN7O3S. The van der Waals surface area contributed by atoms with Crippen molar-refractivity contribution in [2.45, 2.75) is 80.7 Å². The van der Waals surface area contributed by atoms with E-state index in [9.17, 15) is 14.4 Å². The zero-order chi connectivity index (χ0) is 33.5. The fraction of sp³-hybridized carbons (Fsp3) is 0.371. The highest BCUT2D eigenvalue weighted by Crippen LogP contribution is 2.36. The van der Waals surface area contributed by atoms with Gasteiger partial charge in [0.1, 0.15) is 17.1 Å². The van der Waals surface area contributed by atoms with Crippen LogP contribution in [0.5, 0.6) is 0 Å². The van der Waals surface area contributed by atoms with Crippen LogP contribution in [0.4, 0.5) is 0 Å². The lowest BCUT2D eigenvalue weighted by Crippen LogP contribution is -2.56. The van der Waals surface area contributed by atoms with Gasteiger partial charge in [-0.2, -0.15) is 0 Å². The summed E-state index contributed by atoms with van der Waals surface area (Å²) in [7, 11) is 1.63. The predicted molar refractivity (Wildman–Crippen MR) is 186 cm³/mol. The van der Waals surface area contributed by atoms with E-state index in [-0.39, 0.29) is 30.7 Å². The number of aromatic amines is 1. The number of likely N-dealkylation sites (N-methyl/N-ethyl adjacent to an activating group) is 1. The van der Waals surface area contributed by atoms with Crippen LogP contribution in [0.2, 0.25) is 5.02 Å². The van der Waals surface area contributed by atoms with Crippen molar-refractivity contribution in [2.75, 3.05) is 13.6 Å². The number of benzene rings is 2. The fourth-order valence-electron chi connectivity index (χ4n) is 5.84. The Morgan fingerprint density at radius 1 is 1.04 bits per heavy atom. The number of pyridine rings is 1. The van der Waals surface area contributed by atoms with E-state index in [1.165, 1.54) is 16.7 Å². The average molecular weight is 676 g/mol. The Balaban J connectivity index is 1.55. The van der Waals surface area contributed by atoms with E-state index in [4.69, 9.17) is 17.3 Å². The Kier molecular flexibility index (Phi) is 11.6. The summed E-state index contributed by atoms with van der Waals surface area (Å²) in [5, 5.41) is 11.7. The molecule has 47 heavy (non-hydrogen) atoms. The zero-order valence-electron chi connectivity index (χ0n) is 26.9. The van der Waals surface area contributed by atoms with Crippen molar-refractivity contribution in [3.63, 3.8) is 0 Å². The van der Waals surface area contributed by atoms with E-state index in [2.05, 4.69) is 25.9 Å². The van der Waals surface area contributed by atoms with Crippen LogP contribution < -0.4 is 21.7 Å². The third kappa shape index (κ3) is 8.34. The Bertz CT molecular complexity index is 1750. The number of unbranched alkanes of at least 4 members (excludes halogenated alkanes) is 1. The number of nitrogens with zero attached hydrogens (tertiary/aromatic N) is 2. The summed E-state index contributed by atoms with van der Waals surface area (Å²) in [4.78, 5) is 52.1. The van der Waals surface area contributed by atoms with Gasteiger partial charge in [0.25, 0.3) is 0 Å². The number of nitrogens with one attached hydrogen (secondary N) is 4. The van der Waals surface area contributed by atoms with Gasteiger partial charge >= 0.3 is 0 Å². The smallest absolute Gasteiger partial charge is 0.245 e. The van der Waals surface area contributed by atoms with Crippen molar-refractivity contribution < 1.29 is 14.4 Å². The van der Waals surface area contributed by atoms with Gasteiger partial charge in [0, 0.05) is 59.8 Å². The number of aromatic nitrogens is 2. The lowest BCUT2D eigenvalue weighted by atomic mass is 10.0. The number of halogens is 1. The van der Waals surface area contributed by atoms with E-state index >= 15 is 0 Å². The highest BCUT2D eigenvalue weighted by atomic mass is 35.5. The number of fused-ring (bicyclic) bond motifs is 3. The number of carbonyl (C=O) groups is 3. The minimum Gasteiger partial charge on any atom is -0.361 e. The molecule has 0 spiro atoms. The Morgan fingerprint density at radius 2 is 1.85 bits per heavy atom. The molecule has 3 atom stereocenters. The largest absolute Gasteiger partial charge is 0.361 e. The Hall–Kier alpha value is -3.90. The first-order valence-electron chi connectivity index (χ1n) is 15.9. The molecule has 0 bridgehead atoms. The maximum atomic E-state index is 14.2. The molecule has 0 saturated heterocycles. The number of nitrogens with two attached hydrogens (primary N) is 1. The molecule has 248 valence electrons. The number of hydrogen-bond acceptors (Lipinski definition) is 7. The lowest BCUT2D eigenvalue weighted by Gasteiger charge is -2.31. The molecule has 0 saturated carbocycles. The van der Waals surface area contributed by atoms with Crippen LogP contribution in [0, 0.1) is 6.92 Å². The normalized spacial score (nSPS) is 19.9. The zero-order valence-corrected chi connectivity index (χ0v) is 28.5. The summed E-state index contributed by atoms with van der Waals surface area (Å²) >= 11 is 8.02. The maximum Gasteiger partial charge on any atom is 0.245 e. The van der Waals surface area contributed by atoms with Crippen molar-refractivity contribution in [1.82, 2.24) is 30.8 Å². The monoisotopic (exact) mass is 675 g/mol. The van der Waals surface area contributed by atoms with Gasteiger partial charge in [-0.15, -0.1) is 0 Å². The number of carbonyl (C=O) groups excluding carboxylic acids is 3. The quantitative estimate of drug-likeness (QED) is 0.190. The number of amides is 3. The standard InChI is InChI=1S/C35H42ClN7O3S/c1-21-15-26(36)16-25-20-41-33(45)30(17-24-19-40-28-11-5-4-10-27(24)28)43(3)35(46)29(12-6-7-13-37)42-32(44)22(2)39-18-23-9-8-14-38-34(23)47-31(21)25/h4-5,8-11,14-16,19,22,29-30,39-40H,6-7,12-13,17-18,20,37H2,1-3H3,(H,41,45)(H,42,44)/t22?,29?,30-/m0/s1. The Morgan fingerprint density at radius 3 is 2.66 bits per heavy atom. The minimum absolute atomic E-state index is 0.198. The predicted octanol–water partition coefficient (Wildman–Crippen LogP) is 4.47. The molecule has 3 amide bonds. The summed E-state index contributed by atoms with van der Waals surface area (Å²) in [6.07, 6.45) is 5.64. The van der Waals surface area contributed by atoms with E-state index in [0.29, 0.717) is 37.4 Å². The average Bonchev–Trinajstić information content (AvgIpc) is 3.48. The van der Waals surface area contributed by atoms with Gasteiger partial charge in [0.05, 0.1) is 6.04 Å². The fourth-order valence-corrected chi connectivity index (χ4v) is 7.20. The summed E-state index contributed by atoms with van der Waals surface area (Å²) in [6.45, 7) is 4.81. The van der Waals surface area contributed by atoms with Gasteiger partial charge in [0.2, 0.25) is 17.7 Å². The van der Waals surface area contributed by atoms with Crippen LogP contribution in [-0.2, 0) is 33.9 Å². The second-order valence-corrected chi connectivity index (χ2v) is 13.4. The van der Waals surface area contributed by atoms with Crippen molar-refractivity contribution in [3.8, 4) is 0 Å². The number of rotatable bonds is 6. The molecule has 0 fully saturated rings. The van der Waals surface area contributed by atoms with Crippen molar-refractivity contribution >= 4 is 52.0 Å². The number of para-hydroxylation sites is 1. The first-order valence-corrected chi connectivity index (χ1v) is 17.1. The van der Waals surface area contributed by atoms with Gasteiger partial charge in [-0.1, -0.05) is 47.6 Å². The summed E-state index contributed by atoms with van der Waals surface area (Å²) in [5.74, 6) is -0.957. The highest BCUT2D eigenvalue weighted by Gasteiger charge is 2.33. The summed E-state index contributed by atoms with van der Waals surface area (Å²) < 4.78 is 0. The van der Waals surface area contributed by atoms with Gasteiger partial charge < -0.3 is 31.6 Å². The van der Waals surface area contributed by atoms with Crippen LogP contribution in [0.3, 0.4) is 0 Å². The molecular weight excluding hydrogens is 634 g/mol. The van der Waals surface area contributed by atoms with Crippen molar-refractivity contribution in [3.05, 3.63) is 88.2 Å². The lowest BCUT2D eigenvalue weighted by molar-refractivity contribution is -0.142. The molecule has 12 heteroatoms. The van der Waals surface area contributed by atoms with Gasteiger partial charge in [-0.05, 0) is 86.2 Å². The van der Waals surface area contributed by atoms with E-state index in [1.54, 1.807) is 20.2 Å². The molecule has 2 aromatic carbocycles. The maximum absolute atomic E-state index is 14.2. The van der Waals surface area contributed by atoms with E-state index < -0.39 is 18.1 Å². The van der Waals surface area contributed by atoms with E-state index in [1.807, 2.05) is 61.7 Å². The van der Waals surface area contributed by atoms with Crippen LogP contribution in [0.1, 0.15) is 48.4 Å². The second kappa shape index (κ2) is 15.8. The summed E-state index contributed by atoms with van der Waals surface area (Å²) in [5.41, 5.74) is 10.3. The van der Waals surface area contributed by atoms with Gasteiger partial charge in [-0.3, -0.25) is 14.4 Å². The molecule has 3 heterocycles. The third-order valence-electron chi connectivity index (χ3n) is 8.58.